The van der Waals surface area contributed by atoms with Gasteiger partial charge in [-0.15, -0.1) is 10.2 Å². The van der Waals surface area contributed by atoms with Crippen LogP contribution in [-0.2, 0) is 24.2 Å². The first kappa shape index (κ1) is 21.2. The van der Waals surface area contributed by atoms with Crippen molar-refractivity contribution in [2.75, 3.05) is 27.3 Å². The van der Waals surface area contributed by atoms with E-state index in [4.69, 9.17) is 9.47 Å². The molecule has 9 heteroatoms. The van der Waals surface area contributed by atoms with Gasteiger partial charge >= 0.3 is 5.97 Å². The van der Waals surface area contributed by atoms with Gasteiger partial charge in [-0.2, -0.15) is 0 Å². The quantitative estimate of drug-likeness (QED) is 0.380. The van der Waals surface area contributed by atoms with E-state index in [0.717, 1.165) is 30.9 Å². The molecule has 0 saturated carbocycles. The molecule has 0 bridgehead atoms. The number of aliphatic imine (C=N–C) groups is 1. The topological polar surface area (TPSA) is 103 Å². The lowest BCUT2D eigenvalue weighted by atomic mass is 10.1. The van der Waals surface area contributed by atoms with Crippen LogP contribution in [0.5, 0.6) is 5.75 Å². The SMILES string of the molecule is CCNC(=NCc1ccc(OC)c(C(=O)OC)c1)NCCn1cnnc1CC. The van der Waals surface area contributed by atoms with Gasteiger partial charge in [0.05, 0.1) is 20.8 Å². The summed E-state index contributed by atoms with van der Waals surface area (Å²) in [6.45, 7) is 6.65. The molecule has 0 radical (unpaired) electrons. The minimum atomic E-state index is -0.437. The van der Waals surface area contributed by atoms with Gasteiger partial charge < -0.3 is 24.7 Å². The predicted molar refractivity (Wildman–Crippen MR) is 107 cm³/mol. The highest BCUT2D eigenvalue weighted by Gasteiger charge is 2.13. The molecular formula is C19H28N6O3. The lowest BCUT2D eigenvalue weighted by Gasteiger charge is -2.13. The van der Waals surface area contributed by atoms with Crippen molar-refractivity contribution >= 4 is 11.9 Å². The molecule has 2 aromatic rings. The number of ether oxygens (including phenoxy) is 2. The number of carbonyl (C=O) groups excluding carboxylic acids is 1. The minimum Gasteiger partial charge on any atom is -0.496 e. The van der Waals surface area contributed by atoms with Crippen LogP contribution in [0, 0.1) is 0 Å². The molecule has 1 aromatic carbocycles. The van der Waals surface area contributed by atoms with Gasteiger partial charge in [0.25, 0.3) is 0 Å². The highest BCUT2D eigenvalue weighted by molar-refractivity contribution is 5.92. The van der Waals surface area contributed by atoms with Crippen LogP contribution < -0.4 is 15.4 Å². The van der Waals surface area contributed by atoms with Crippen molar-refractivity contribution in [2.45, 2.75) is 33.4 Å². The van der Waals surface area contributed by atoms with Gasteiger partial charge in [0, 0.05) is 26.1 Å². The first-order chi connectivity index (χ1) is 13.6. The number of guanidine groups is 1. The number of carbonyl (C=O) groups is 1. The Morgan fingerprint density at radius 2 is 2.07 bits per heavy atom. The summed E-state index contributed by atoms with van der Waals surface area (Å²) in [5.41, 5.74) is 1.26. The summed E-state index contributed by atoms with van der Waals surface area (Å²) in [6, 6.07) is 5.36. The average Bonchev–Trinajstić information content (AvgIpc) is 3.18. The lowest BCUT2D eigenvalue weighted by Crippen LogP contribution is -2.38. The molecular weight excluding hydrogens is 360 g/mol. The van der Waals surface area contributed by atoms with Crippen LogP contribution >= 0.6 is 0 Å². The third-order valence-corrected chi connectivity index (χ3v) is 4.09. The number of hydrogen-bond acceptors (Lipinski definition) is 6. The molecule has 1 heterocycles. The fraction of sp³-hybridized carbons (Fsp3) is 0.474. The Morgan fingerprint density at radius 1 is 1.25 bits per heavy atom. The van der Waals surface area contributed by atoms with E-state index in [1.165, 1.54) is 14.2 Å². The normalized spacial score (nSPS) is 11.2. The summed E-state index contributed by atoms with van der Waals surface area (Å²) in [5, 5.41) is 14.5. The van der Waals surface area contributed by atoms with E-state index in [2.05, 4.69) is 32.7 Å². The molecule has 0 aliphatic carbocycles. The molecule has 0 aliphatic rings. The zero-order chi connectivity index (χ0) is 20.4. The second-order valence-electron chi connectivity index (χ2n) is 5.94. The maximum atomic E-state index is 11.9. The molecule has 0 aliphatic heterocycles. The van der Waals surface area contributed by atoms with Crippen molar-refractivity contribution in [1.29, 1.82) is 0 Å². The Balaban J connectivity index is 2.02. The van der Waals surface area contributed by atoms with Crippen molar-refractivity contribution in [3.8, 4) is 5.75 Å². The monoisotopic (exact) mass is 388 g/mol. The van der Waals surface area contributed by atoms with Crippen LogP contribution in [0.1, 0.15) is 35.6 Å². The highest BCUT2D eigenvalue weighted by atomic mass is 16.5. The van der Waals surface area contributed by atoms with Crippen LogP contribution in [0.25, 0.3) is 0 Å². The van der Waals surface area contributed by atoms with Crippen molar-refractivity contribution in [3.63, 3.8) is 0 Å². The summed E-state index contributed by atoms with van der Waals surface area (Å²) in [4.78, 5) is 16.5. The second-order valence-corrected chi connectivity index (χ2v) is 5.94. The molecule has 2 N–H and O–H groups in total. The van der Waals surface area contributed by atoms with E-state index in [-0.39, 0.29) is 0 Å². The lowest BCUT2D eigenvalue weighted by molar-refractivity contribution is 0.0597. The van der Waals surface area contributed by atoms with Crippen molar-refractivity contribution in [3.05, 3.63) is 41.5 Å². The van der Waals surface area contributed by atoms with Crippen LogP contribution in [0.15, 0.2) is 29.5 Å². The molecule has 28 heavy (non-hydrogen) atoms. The van der Waals surface area contributed by atoms with E-state index in [9.17, 15) is 4.79 Å². The second kappa shape index (κ2) is 10.9. The van der Waals surface area contributed by atoms with Crippen LogP contribution in [0.4, 0.5) is 0 Å². The summed E-state index contributed by atoms with van der Waals surface area (Å²) < 4.78 is 12.1. The summed E-state index contributed by atoms with van der Waals surface area (Å²) >= 11 is 0. The summed E-state index contributed by atoms with van der Waals surface area (Å²) in [6.07, 6.45) is 2.57. The van der Waals surface area contributed by atoms with Gasteiger partial charge in [0.2, 0.25) is 0 Å². The first-order valence-corrected chi connectivity index (χ1v) is 9.27. The molecule has 0 spiro atoms. The van der Waals surface area contributed by atoms with E-state index >= 15 is 0 Å². The first-order valence-electron chi connectivity index (χ1n) is 9.27. The van der Waals surface area contributed by atoms with Gasteiger partial charge in [-0.05, 0) is 24.6 Å². The zero-order valence-electron chi connectivity index (χ0n) is 16.9. The standard InChI is InChI=1S/C19H28N6O3/c1-5-17-24-23-13-25(17)10-9-21-19(20-6-2)22-12-14-7-8-16(27-3)15(11-14)18(26)28-4/h7-8,11,13H,5-6,9-10,12H2,1-4H3,(H2,20,21,22). The average molecular weight is 388 g/mol. The number of rotatable bonds is 9. The van der Waals surface area contributed by atoms with Gasteiger partial charge in [0.15, 0.2) is 5.96 Å². The fourth-order valence-corrected chi connectivity index (χ4v) is 2.67. The molecule has 0 atom stereocenters. The molecule has 0 amide bonds. The van der Waals surface area contributed by atoms with Gasteiger partial charge in [-0.3, -0.25) is 0 Å². The van der Waals surface area contributed by atoms with E-state index in [1.807, 2.05) is 17.6 Å². The van der Waals surface area contributed by atoms with Gasteiger partial charge in [-0.1, -0.05) is 13.0 Å². The number of hydrogen-bond donors (Lipinski definition) is 2. The number of benzene rings is 1. The van der Waals surface area contributed by atoms with Crippen LogP contribution in [-0.4, -0.2) is 54.0 Å². The van der Waals surface area contributed by atoms with Gasteiger partial charge in [-0.25, -0.2) is 9.79 Å². The largest absolute Gasteiger partial charge is 0.496 e. The number of esters is 1. The Hall–Kier alpha value is -3.10. The third kappa shape index (κ3) is 5.70. The van der Waals surface area contributed by atoms with Crippen molar-refractivity contribution < 1.29 is 14.3 Å². The van der Waals surface area contributed by atoms with Crippen LogP contribution in [0.2, 0.25) is 0 Å². The van der Waals surface area contributed by atoms with Crippen molar-refractivity contribution in [1.82, 2.24) is 25.4 Å². The molecule has 152 valence electrons. The fourth-order valence-electron chi connectivity index (χ4n) is 2.67. The van der Waals surface area contributed by atoms with E-state index < -0.39 is 5.97 Å². The smallest absolute Gasteiger partial charge is 0.341 e. The molecule has 2 rings (SSSR count). The van der Waals surface area contributed by atoms with Crippen LogP contribution in [0.3, 0.4) is 0 Å². The maximum absolute atomic E-state index is 11.9. The van der Waals surface area contributed by atoms with E-state index in [1.54, 1.807) is 18.5 Å². The minimum absolute atomic E-state index is 0.385. The van der Waals surface area contributed by atoms with Gasteiger partial charge in [0.1, 0.15) is 23.5 Å². The number of aryl methyl sites for hydroxylation is 1. The van der Waals surface area contributed by atoms with Crippen molar-refractivity contribution in [2.24, 2.45) is 4.99 Å². The molecule has 9 nitrogen and oxygen atoms in total. The molecule has 0 saturated heterocycles. The molecule has 1 aromatic heterocycles. The number of methoxy groups -OCH3 is 2. The summed E-state index contributed by atoms with van der Waals surface area (Å²) in [7, 11) is 2.87. The number of nitrogens with one attached hydrogen (secondary N) is 2. The Bertz CT molecular complexity index is 803. The molecule has 0 unspecified atom stereocenters. The maximum Gasteiger partial charge on any atom is 0.341 e. The Morgan fingerprint density at radius 3 is 2.75 bits per heavy atom. The number of nitrogens with zero attached hydrogens (tertiary/aromatic N) is 4. The highest BCUT2D eigenvalue weighted by Crippen LogP contribution is 2.21. The molecule has 0 fully saturated rings. The van der Waals surface area contributed by atoms with E-state index in [0.29, 0.717) is 30.4 Å². The predicted octanol–water partition coefficient (Wildman–Crippen LogP) is 1.39. The number of aromatic nitrogens is 3. The summed E-state index contributed by atoms with van der Waals surface area (Å²) in [5.74, 6) is 1.69. The zero-order valence-corrected chi connectivity index (χ0v) is 16.9. The Labute approximate surface area is 165 Å². The third-order valence-electron chi connectivity index (χ3n) is 4.09. The Kier molecular flexibility index (Phi) is 8.26.